The van der Waals surface area contributed by atoms with Crippen LogP contribution in [0.4, 0.5) is 0 Å². The molecular weight excluding hydrogens is 262 g/mol. The lowest BCUT2D eigenvalue weighted by Gasteiger charge is -2.12. The van der Waals surface area contributed by atoms with E-state index in [1.807, 2.05) is 30.3 Å². The van der Waals surface area contributed by atoms with Gasteiger partial charge >= 0.3 is 11.9 Å². The molecule has 1 rings (SSSR count). The third-order valence-electron chi connectivity index (χ3n) is 2.33. The molecule has 0 radical (unpaired) electrons. The van der Waals surface area contributed by atoms with E-state index >= 15 is 0 Å². The number of benzene rings is 1. The van der Waals surface area contributed by atoms with E-state index in [1.165, 1.54) is 6.92 Å². The van der Waals surface area contributed by atoms with E-state index in [0.29, 0.717) is 12.6 Å². The van der Waals surface area contributed by atoms with E-state index in [1.54, 1.807) is 0 Å². The molecule has 1 atom stereocenters. The minimum absolute atomic E-state index is 0.326. The molecule has 0 heterocycles. The Hall–Kier alpha value is -2.63. The maximum absolute atomic E-state index is 11.7. The van der Waals surface area contributed by atoms with Gasteiger partial charge in [0.05, 0.1) is 0 Å². The second-order valence-corrected chi connectivity index (χ2v) is 3.95. The van der Waals surface area contributed by atoms with Crippen LogP contribution in [0.3, 0.4) is 0 Å². The van der Waals surface area contributed by atoms with E-state index < -0.39 is 23.9 Å². The summed E-state index contributed by atoms with van der Waals surface area (Å²) in [6.07, 6.45) is 0.407. The van der Waals surface area contributed by atoms with Crippen molar-refractivity contribution in [2.75, 3.05) is 0 Å². The van der Waals surface area contributed by atoms with Crippen LogP contribution in [0.1, 0.15) is 12.5 Å². The average Bonchev–Trinajstić information content (AvgIpc) is 2.43. The van der Waals surface area contributed by atoms with Gasteiger partial charge < -0.3 is 15.2 Å². The molecule has 6 nitrogen and oxygen atoms in total. The first-order chi connectivity index (χ1) is 9.49. The van der Waals surface area contributed by atoms with Gasteiger partial charge in [0.2, 0.25) is 0 Å². The minimum atomic E-state index is -1.26. The summed E-state index contributed by atoms with van der Waals surface area (Å²) in [5.41, 5.74) is 0.921. The molecule has 1 amide bonds. The number of carboxylic acids is 1. The topological polar surface area (TPSA) is 92.7 Å². The van der Waals surface area contributed by atoms with Crippen LogP contribution in [0.25, 0.3) is 0 Å². The molecule has 2 N–H and O–H groups in total. The maximum Gasteiger partial charge on any atom is 0.331 e. The summed E-state index contributed by atoms with van der Waals surface area (Å²) >= 11 is 0. The Morgan fingerprint density at radius 3 is 2.50 bits per heavy atom. The molecule has 0 aliphatic carbocycles. The molecule has 0 aromatic heterocycles. The highest BCUT2D eigenvalue weighted by atomic mass is 16.5. The Morgan fingerprint density at radius 1 is 1.25 bits per heavy atom. The van der Waals surface area contributed by atoms with Crippen LogP contribution in [0, 0.1) is 0 Å². The molecule has 1 unspecified atom stereocenters. The lowest BCUT2D eigenvalue weighted by molar-refractivity contribution is -0.150. The zero-order valence-corrected chi connectivity index (χ0v) is 10.9. The highest BCUT2D eigenvalue weighted by Crippen LogP contribution is 1.99. The summed E-state index contributed by atoms with van der Waals surface area (Å²) in [5, 5.41) is 11.0. The van der Waals surface area contributed by atoms with Crippen LogP contribution in [-0.4, -0.2) is 29.1 Å². The van der Waals surface area contributed by atoms with Crippen LogP contribution in [0.5, 0.6) is 0 Å². The van der Waals surface area contributed by atoms with E-state index in [4.69, 9.17) is 9.84 Å². The van der Waals surface area contributed by atoms with Gasteiger partial charge in [-0.2, -0.15) is 0 Å². The number of rotatable bonds is 6. The Morgan fingerprint density at radius 2 is 1.90 bits per heavy atom. The number of carboxylic acid groups (broad SMARTS) is 1. The molecule has 1 aromatic rings. The van der Waals surface area contributed by atoms with E-state index in [2.05, 4.69) is 5.32 Å². The first-order valence-electron chi connectivity index (χ1n) is 5.92. The number of aliphatic carboxylic acids is 1. The summed E-state index contributed by atoms with van der Waals surface area (Å²) < 4.78 is 4.75. The molecule has 1 aromatic carbocycles. The Bertz CT molecular complexity index is 510. The highest BCUT2D eigenvalue weighted by Gasteiger charge is 2.16. The molecule has 0 saturated carbocycles. The van der Waals surface area contributed by atoms with Crippen molar-refractivity contribution in [3.8, 4) is 0 Å². The van der Waals surface area contributed by atoms with Crippen LogP contribution >= 0.6 is 0 Å². The molecular formula is C14H15NO5. The van der Waals surface area contributed by atoms with Gasteiger partial charge in [-0.3, -0.25) is 4.79 Å². The number of nitrogens with one attached hydrogen (secondary N) is 1. The van der Waals surface area contributed by atoms with Crippen LogP contribution < -0.4 is 5.32 Å². The van der Waals surface area contributed by atoms with Gasteiger partial charge in [-0.15, -0.1) is 0 Å². The smallest absolute Gasteiger partial charge is 0.331 e. The zero-order chi connectivity index (χ0) is 15.0. The summed E-state index contributed by atoms with van der Waals surface area (Å²) in [4.78, 5) is 33.1. The average molecular weight is 277 g/mol. The zero-order valence-electron chi connectivity index (χ0n) is 10.9. The van der Waals surface area contributed by atoms with Gasteiger partial charge in [0.25, 0.3) is 5.91 Å². The van der Waals surface area contributed by atoms with Crippen LogP contribution in [0.15, 0.2) is 42.5 Å². The SMILES string of the molecule is CC(OC(=O)/C=C/C(=O)O)C(=O)NCc1ccccc1. The number of carbonyl (C=O) groups is 3. The summed E-state index contributed by atoms with van der Waals surface area (Å²) in [6.45, 7) is 1.74. The third-order valence-corrected chi connectivity index (χ3v) is 2.33. The quantitative estimate of drug-likeness (QED) is 0.594. The maximum atomic E-state index is 11.7. The Balaban J connectivity index is 2.39. The second kappa shape index (κ2) is 7.73. The fraction of sp³-hybridized carbons (Fsp3) is 0.214. The molecule has 0 aliphatic rings. The van der Waals surface area contributed by atoms with Gasteiger partial charge in [-0.1, -0.05) is 30.3 Å². The summed E-state index contributed by atoms with van der Waals surface area (Å²) in [7, 11) is 0. The molecule has 0 spiro atoms. The Labute approximate surface area is 116 Å². The monoisotopic (exact) mass is 277 g/mol. The first-order valence-corrected chi connectivity index (χ1v) is 5.92. The number of esters is 1. The van der Waals surface area contributed by atoms with Crippen LogP contribution in [0.2, 0.25) is 0 Å². The summed E-state index contributed by atoms with van der Waals surface area (Å²) in [5.74, 6) is -2.59. The first kappa shape index (κ1) is 15.4. The third kappa shape index (κ3) is 5.81. The predicted octanol–water partition coefficient (Wildman–Crippen LogP) is 0.875. The lowest BCUT2D eigenvalue weighted by Crippen LogP contribution is -2.35. The summed E-state index contributed by atoms with van der Waals surface area (Å²) in [6, 6.07) is 9.27. The van der Waals surface area contributed by atoms with Crippen molar-refractivity contribution in [1.82, 2.24) is 5.32 Å². The number of amides is 1. The molecule has 0 aliphatic heterocycles. The van der Waals surface area contributed by atoms with Gasteiger partial charge in [0.15, 0.2) is 6.10 Å². The van der Waals surface area contributed by atoms with Crippen molar-refractivity contribution in [2.24, 2.45) is 0 Å². The van der Waals surface area contributed by atoms with Crippen molar-refractivity contribution >= 4 is 17.8 Å². The molecule has 0 bridgehead atoms. The minimum Gasteiger partial charge on any atom is -0.478 e. The molecule has 106 valence electrons. The van der Waals surface area contributed by atoms with Crippen LogP contribution in [-0.2, 0) is 25.7 Å². The van der Waals surface area contributed by atoms with E-state index in [0.717, 1.165) is 11.6 Å². The normalized spacial score (nSPS) is 11.8. The fourth-order valence-electron chi connectivity index (χ4n) is 1.34. The molecule has 20 heavy (non-hydrogen) atoms. The molecule has 0 saturated heterocycles. The number of hydrogen-bond acceptors (Lipinski definition) is 4. The Kier molecular flexibility index (Phi) is 5.96. The standard InChI is InChI=1S/C14H15NO5/c1-10(20-13(18)8-7-12(16)17)14(19)15-9-11-5-3-2-4-6-11/h2-8,10H,9H2,1H3,(H,15,19)(H,16,17)/b8-7+. The van der Waals surface area contributed by atoms with Gasteiger partial charge in [-0.25, -0.2) is 9.59 Å². The molecule has 6 heteroatoms. The van der Waals surface area contributed by atoms with Gasteiger partial charge in [0, 0.05) is 18.7 Å². The fourth-order valence-corrected chi connectivity index (χ4v) is 1.34. The van der Waals surface area contributed by atoms with Crippen molar-refractivity contribution in [3.63, 3.8) is 0 Å². The number of ether oxygens (including phenoxy) is 1. The number of carbonyl (C=O) groups excluding carboxylic acids is 2. The predicted molar refractivity (Wildman–Crippen MR) is 70.6 cm³/mol. The van der Waals surface area contributed by atoms with Crippen molar-refractivity contribution in [1.29, 1.82) is 0 Å². The highest BCUT2D eigenvalue weighted by molar-refractivity contribution is 5.92. The van der Waals surface area contributed by atoms with Gasteiger partial charge in [0.1, 0.15) is 0 Å². The van der Waals surface area contributed by atoms with Crippen molar-refractivity contribution in [2.45, 2.75) is 19.6 Å². The second-order valence-electron chi connectivity index (χ2n) is 3.95. The van der Waals surface area contributed by atoms with Crippen molar-refractivity contribution < 1.29 is 24.2 Å². The van der Waals surface area contributed by atoms with Gasteiger partial charge in [-0.05, 0) is 12.5 Å². The van der Waals surface area contributed by atoms with Crippen molar-refractivity contribution in [3.05, 3.63) is 48.0 Å². The van der Waals surface area contributed by atoms with E-state index in [-0.39, 0.29) is 0 Å². The molecule has 0 fully saturated rings. The largest absolute Gasteiger partial charge is 0.478 e. The number of hydrogen-bond donors (Lipinski definition) is 2. The lowest BCUT2D eigenvalue weighted by atomic mass is 10.2. The van der Waals surface area contributed by atoms with E-state index in [9.17, 15) is 14.4 Å².